The van der Waals surface area contributed by atoms with Crippen LogP contribution in [0.5, 0.6) is 0 Å². The Labute approximate surface area is 167 Å². The molecule has 0 N–H and O–H groups in total. The molecule has 4 rings (SSSR count). The second kappa shape index (κ2) is 8.06. The Morgan fingerprint density at radius 1 is 0.897 bits per heavy atom. The van der Waals surface area contributed by atoms with Gasteiger partial charge in [0.25, 0.3) is 11.8 Å². The van der Waals surface area contributed by atoms with Crippen LogP contribution in [-0.2, 0) is 14.3 Å². The van der Waals surface area contributed by atoms with Crippen molar-refractivity contribution in [1.82, 2.24) is 14.7 Å². The number of carbonyl (C=O) groups is 3. The van der Waals surface area contributed by atoms with Crippen LogP contribution in [-0.4, -0.2) is 84.4 Å². The molecule has 3 amide bonds. The second-order valence-electron chi connectivity index (χ2n) is 7.69. The fourth-order valence-electron chi connectivity index (χ4n) is 3.99. The average Bonchev–Trinajstić information content (AvgIpc) is 3.23. The molecule has 1 aromatic rings. The molecular weight excluding hydrogens is 384 g/mol. The molecule has 0 radical (unpaired) electrons. The van der Waals surface area contributed by atoms with E-state index in [-0.39, 0.29) is 42.5 Å². The summed E-state index contributed by atoms with van der Waals surface area (Å²) in [5.74, 6) is -2.83. The number of likely N-dealkylation sites (tertiary alicyclic amines) is 1. The van der Waals surface area contributed by atoms with Gasteiger partial charge in [0.05, 0.1) is 5.92 Å². The molecule has 0 spiro atoms. The van der Waals surface area contributed by atoms with Gasteiger partial charge in [0, 0.05) is 51.4 Å². The van der Waals surface area contributed by atoms with Crippen molar-refractivity contribution in [3.05, 3.63) is 35.4 Å². The number of halogens is 2. The number of piperazine rings is 1. The predicted molar refractivity (Wildman–Crippen MR) is 97.9 cm³/mol. The molecule has 3 heterocycles. The van der Waals surface area contributed by atoms with Gasteiger partial charge in [-0.2, -0.15) is 0 Å². The first-order chi connectivity index (χ1) is 13.9. The van der Waals surface area contributed by atoms with Crippen molar-refractivity contribution in [3.63, 3.8) is 0 Å². The van der Waals surface area contributed by atoms with Gasteiger partial charge in [-0.1, -0.05) is 0 Å². The van der Waals surface area contributed by atoms with Crippen LogP contribution in [0, 0.1) is 17.6 Å². The van der Waals surface area contributed by atoms with Crippen molar-refractivity contribution in [2.24, 2.45) is 5.92 Å². The van der Waals surface area contributed by atoms with Gasteiger partial charge in [-0.3, -0.25) is 14.4 Å². The third-order valence-electron chi connectivity index (χ3n) is 5.79. The number of nitrogens with zero attached hydrogens (tertiary/aromatic N) is 3. The van der Waals surface area contributed by atoms with E-state index in [0.717, 1.165) is 25.0 Å². The first kappa shape index (κ1) is 19.8. The molecule has 29 heavy (non-hydrogen) atoms. The number of ether oxygens (including phenoxy) is 1. The quantitative estimate of drug-likeness (QED) is 0.746. The predicted octanol–water partition coefficient (Wildman–Crippen LogP) is 0.887. The summed E-state index contributed by atoms with van der Waals surface area (Å²) in [6, 6.07) is 3.03. The highest BCUT2D eigenvalue weighted by Crippen LogP contribution is 2.23. The summed E-state index contributed by atoms with van der Waals surface area (Å²) in [5.41, 5.74) is 0.0658. The summed E-state index contributed by atoms with van der Waals surface area (Å²) in [6.07, 6.45) is 1.30. The molecule has 1 aromatic carbocycles. The lowest BCUT2D eigenvalue weighted by atomic mass is 9.96. The van der Waals surface area contributed by atoms with Gasteiger partial charge in [0.1, 0.15) is 6.10 Å². The van der Waals surface area contributed by atoms with Crippen molar-refractivity contribution < 1.29 is 27.9 Å². The minimum absolute atomic E-state index is 0.00143. The molecule has 0 unspecified atom stereocenters. The van der Waals surface area contributed by atoms with Crippen LogP contribution < -0.4 is 0 Å². The molecule has 1 atom stereocenters. The van der Waals surface area contributed by atoms with E-state index in [0.29, 0.717) is 32.8 Å². The van der Waals surface area contributed by atoms with Crippen LogP contribution in [0.2, 0.25) is 0 Å². The van der Waals surface area contributed by atoms with Gasteiger partial charge in [-0.25, -0.2) is 8.78 Å². The fraction of sp³-hybridized carbons (Fsp3) is 0.550. The van der Waals surface area contributed by atoms with E-state index in [9.17, 15) is 23.2 Å². The highest BCUT2D eigenvalue weighted by atomic mass is 19.2. The minimum Gasteiger partial charge on any atom is -0.368 e. The molecule has 156 valence electrons. The van der Waals surface area contributed by atoms with Crippen molar-refractivity contribution >= 4 is 17.7 Å². The lowest BCUT2D eigenvalue weighted by Gasteiger charge is -2.43. The van der Waals surface area contributed by atoms with Crippen molar-refractivity contribution in [1.29, 1.82) is 0 Å². The SMILES string of the molecule is O=C(c1ccc(F)c(F)c1)N1CC(C(=O)N2CCN(C(=O)[C@H]3CCCO3)CC2)C1. The molecule has 3 saturated heterocycles. The van der Waals surface area contributed by atoms with Crippen LogP contribution in [0.3, 0.4) is 0 Å². The normalized spacial score (nSPS) is 22.6. The van der Waals surface area contributed by atoms with Crippen LogP contribution >= 0.6 is 0 Å². The first-order valence-electron chi connectivity index (χ1n) is 9.87. The van der Waals surface area contributed by atoms with E-state index >= 15 is 0 Å². The lowest BCUT2D eigenvalue weighted by molar-refractivity contribution is -0.149. The molecule has 0 aliphatic carbocycles. The van der Waals surface area contributed by atoms with E-state index in [4.69, 9.17) is 4.74 Å². The summed E-state index contributed by atoms with van der Waals surface area (Å²) >= 11 is 0. The molecule has 3 aliphatic rings. The number of rotatable bonds is 3. The van der Waals surface area contributed by atoms with Gasteiger partial charge in [-0.15, -0.1) is 0 Å². The average molecular weight is 407 g/mol. The van der Waals surface area contributed by atoms with Gasteiger partial charge >= 0.3 is 0 Å². The fourth-order valence-corrected chi connectivity index (χ4v) is 3.99. The largest absolute Gasteiger partial charge is 0.368 e. The lowest BCUT2D eigenvalue weighted by Crippen LogP contribution is -2.60. The first-order valence-corrected chi connectivity index (χ1v) is 9.87. The zero-order valence-electron chi connectivity index (χ0n) is 16.0. The Morgan fingerprint density at radius 3 is 2.14 bits per heavy atom. The van der Waals surface area contributed by atoms with Gasteiger partial charge in [-0.05, 0) is 31.0 Å². The maximum atomic E-state index is 13.3. The number of amides is 3. The van der Waals surface area contributed by atoms with E-state index < -0.39 is 17.5 Å². The summed E-state index contributed by atoms with van der Waals surface area (Å²) in [4.78, 5) is 42.3. The molecule has 9 heteroatoms. The molecule has 0 saturated carbocycles. The summed E-state index contributed by atoms with van der Waals surface area (Å²) in [5, 5.41) is 0. The molecule has 7 nitrogen and oxygen atoms in total. The maximum Gasteiger partial charge on any atom is 0.254 e. The molecule has 0 bridgehead atoms. The van der Waals surface area contributed by atoms with Crippen LogP contribution in [0.25, 0.3) is 0 Å². The van der Waals surface area contributed by atoms with Crippen LogP contribution in [0.1, 0.15) is 23.2 Å². The standard InChI is InChI=1S/C20H23F2N3O4/c21-15-4-3-13(10-16(15)22)18(26)25-11-14(12-25)19(27)23-5-7-24(8-6-23)20(28)17-2-1-9-29-17/h3-4,10,14,17H,1-2,5-9,11-12H2/t17-/m1/s1. The summed E-state index contributed by atoms with van der Waals surface area (Å²) in [7, 11) is 0. The molecule has 3 fully saturated rings. The van der Waals surface area contributed by atoms with Crippen molar-refractivity contribution in [2.45, 2.75) is 18.9 Å². The smallest absolute Gasteiger partial charge is 0.254 e. The van der Waals surface area contributed by atoms with E-state index in [1.54, 1.807) is 9.80 Å². The maximum absolute atomic E-state index is 13.3. The van der Waals surface area contributed by atoms with Crippen LogP contribution in [0.4, 0.5) is 8.78 Å². The highest BCUT2D eigenvalue weighted by Gasteiger charge is 2.39. The van der Waals surface area contributed by atoms with Gasteiger partial charge < -0.3 is 19.4 Å². The third-order valence-corrected chi connectivity index (χ3v) is 5.79. The second-order valence-corrected chi connectivity index (χ2v) is 7.69. The minimum atomic E-state index is -1.07. The Hall–Kier alpha value is -2.55. The zero-order chi connectivity index (χ0) is 20.5. The Balaban J connectivity index is 1.25. The van der Waals surface area contributed by atoms with E-state index in [1.807, 2.05) is 0 Å². The van der Waals surface area contributed by atoms with E-state index in [2.05, 4.69) is 0 Å². The number of hydrogen-bond donors (Lipinski definition) is 0. The number of benzene rings is 1. The molecule has 3 aliphatic heterocycles. The summed E-state index contributed by atoms with van der Waals surface area (Å²) < 4.78 is 31.8. The van der Waals surface area contributed by atoms with Gasteiger partial charge in [0.15, 0.2) is 11.6 Å². The molecular formula is C20H23F2N3O4. The van der Waals surface area contributed by atoms with Gasteiger partial charge in [0.2, 0.25) is 5.91 Å². The van der Waals surface area contributed by atoms with E-state index in [1.165, 1.54) is 11.0 Å². The topological polar surface area (TPSA) is 70.2 Å². The Bertz CT molecular complexity index is 814. The third kappa shape index (κ3) is 3.96. The zero-order valence-corrected chi connectivity index (χ0v) is 16.0. The Morgan fingerprint density at radius 2 is 1.55 bits per heavy atom. The highest BCUT2D eigenvalue weighted by molar-refractivity contribution is 5.96. The number of carbonyl (C=O) groups excluding carboxylic acids is 3. The summed E-state index contributed by atoms with van der Waals surface area (Å²) in [6.45, 7) is 3.02. The van der Waals surface area contributed by atoms with Crippen LogP contribution in [0.15, 0.2) is 18.2 Å². The molecule has 0 aromatic heterocycles. The number of hydrogen-bond acceptors (Lipinski definition) is 4. The Kier molecular flexibility index (Phi) is 5.49. The van der Waals surface area contributed by atoms with Crippen molar-refractivity contribution in [3.8, 4) is 0 Å². The monoisotopic (exact) mass is 407 g/mol. The van der Waals surface area contributed by atoms with Crippen molar-refractivity contribution in [2.75, 3.05) is 45.9 Å².